The van der Waals surface area contributed by atoms with Gasteiger partial charge in [-0.2, -0.15) is 0 Å². The van der Waals surface area contributed by atoms with Crippen LogP contribution in [0.15, 0.2) is 71.3 Å². The Labute approximate surface area is 163 Å². The van der Waals surface area contributed by atoms with Crippen molar-refractivity contribution in [2.45, 2.75) is 32.5 Å². The first-order valence-electron chi connectivity index (χ1n) is 9.25. The number of carbonyl (C=O) groups is 2. The van der Waals surface area contributed by atoms with Crippen molar-refractivity contribution >= 4 is 11.9 Å². The summed E-state index contributed by atoms with van der Waals surface area (Å²) in [7, 11) is 0. The molecule has 1 amide bonds. The van der Waals surface area contributed by atoms with Crippen LogP contribution < -0.4 is 0 Å². The zero-order chi connectivity index (χ0) is 19.5. The molecule has 1 aromatic heterocycles. The summed E-state index contributed by atoms with van der Waals surface area (Å²) in [5.74, 6) is -0.498. The largest absolute Gasteiger partial charge is 0.459 e. The number of benzene rings is 2. The molecule has 28 heavy (non-hydrogen) atoms. The summed E-state index contributed by atoms with van der Waals surface area (Å²) >= 11 is 0. The number of aryl methyl sites for hydroxylation is 1. The highest BCUT2D eigenvalue weighted by molar-refractivity contribution is 5.95. The zero-order valence-electron chi connectivity index (χ0n) is 15.6. The van der Waals surface area contributed by atoms with Crippen LogP contribution in [0.1, 0.15) is 32.8 Å². The van der Waals surface area contributed by atoms with E-state index in [-0.39, 0.29) is 18.3 Å². The molecule has 0 saturated heterocycles. The molecule has 0 bridgehead atoms. The van der Waals surface area contributed by atoms with Crippen LogP contribution in [0.3, 0.4) is 0 Å². The van der Waals surface area contributed by atoms with Crippen molar-refractivity contribution in [2.24, 2.45) is 0 Å². The van der Waals surface area contributed by atoms with Crippen LogP contribution >= 0.6 is 0 Å². The van der Waals surface area contributed by atoms with Crippen LogP contribution in [0, 0.1) is 6.92 Å². The Bertz CT molecular complexity index is 976. The predicted octanol–water partition coefficient (Wildman–Crippen LogP) is 3.90. The molecule has 0 radical (unpaired) electrons. The highest BCUT2D eigenvalue weighted by Crippen LogP contribution is 2.26. The standard InChI is InChI=1S/C23H21NO4/c1-16-8-10-17(11-9-16)15-28-23(26)20-13-18-5-2-3-6-19(18)14-24(20)22(25)21-7-4-12-27-21/h2-12,20H,13-15H2,1H3/t20-/m0/s1. The van der Waals surface area contributed by atoms with E-state index in [9.17, 15) is 9.59 Å². The van der Waals surface area contributed by atoms with Gasteiger partial charge in [0.1, 0.15) is 12.6 Å². The topological polar surface area (TPSA) is 59.8 Å². The van der Waals surface area contributed by atoms with E-state index in [2.05, 4.69) is 0 Å². The van der Waals surface area contributed by atoms with E-state index in [0.29, 0.717) is 13.0 Å². The van der Waals surface area contributed by atoms with Gasteiger partial charge in [0.2, 0.25) is 0 Å². The Balaban J connectivity index is 1.55. The van der Waals surface area contributed by atoms with Gasteiger partial charge in [0.05, 0.1) is 6.26 Å². The van der Waals surface area contributed by atoms with E-state index in [4.69, 9.17) is 9.15 Å². The minimum Gasteiger partial charge on any atom is -0.459 e. The van der Waals surface area contributed by atoms with Gasteiger partial charge >= 0.3 is 5.97 Å². The SMILES string of the molecule is Cc1ccc(COC(=O)[C@@H]2Cc3ccccc3CN2C(=O)c2ccco2)cc1. The number of carbonyl (C=O) groups excluding carboxylic acids is 2. The molecule has 2 aromatic carbocycles. The molecule has 3 aromatic rings. The molecule has 0 N–H and O–H groups in total. The number of esters is 1. The van der Waals surface area contributed by atoms with E-state index in [1.165, 1.54) is 6.26 Å². The van der Waals surface area contributed by atoms with Crippen molar-refractivity contribution in [3.8, 4) is 0 Å². The molecule has 5 nitrogen and oxygen atoms in total. The average molecular weight is 375 g/mol. The fourth-order valence-corrected chi connectivity index (χ4v) is 3.42. The maximum Gasteiger partial charge on any atom is 0.329 e. The van der Waals surface area contributed by atoms with Crippen LogP contribution in [-0.4, -0.2) is 22.8 Å². The molecule has 4 rings (SSSR count). The van der Waals surface area contributed by atoms with Gasteiger partial charge in [0, 0.05) is 13.0 Å². The third-order valence-corrected chi connectivity index (χ3v) is 5.02. The smallest absolute Gasteiger partial charge is 0.329 e. The lowest BCUT2D eigenvalue weighted by atomic mass is 9.93. The van der Waals surface area contributed by atoms with E-state index in [1.54, 1.807) is 17.0 Å². The number of amides is 1. The summed E-state index contributed by atoms with van der Waals surface area (Å²) in [4.78, 5) is 27.3. The number of nitrogens with zero attached hydrogens (tertiary/aromatic N) is 1. The minimum absolute atomic E-state index is 0.181. The first-order valence-corrected chi connectivity index (χ1v) is 9.25. The van der Waals surface area contributed by atoms with Crippen molar-refractivity contribution in [1.82, 2.24) is 4.90 Å². The fourth-order valence-electron chi connectivity index (χ4n) is 3.42. The average Bonchev–Trinajstić information content (AvgIpc) is 3.26. The van der Waals surface area contributed by atoms with Crippen LogP contribution in [0.25, 0.3) is 0 Å². The molecule has 5 heteroatoms. The first kappa shape index (κ1) is 18.0. The number of hydrogen-bond acceptors (Lipinski definition) is 4. The molecule has 0 aliphatic carbocycles. The molecule has 2 heterocycles. The molecule has 0 spiro atoms. The van der Waals surface area contributed by atoms with Gasteiger partial charge in [0.15, 0.2) is 5.76 Å². The second-order valence-electron chi connectivity index (χ2n) is 6.99. The number of ether oxygens (including phenoxy) is 1. The molecule has 1 aliphatic heterocycles. The number of rotatable bonds is 4. The molecule has 1 aliphatic rings. The predicted molar refractivity (Wildman–Crippen MR) is 103 cm³/mol. The summed E-state index contributed by atoms with van der Waals surface area (Å²) in [5.41, 5.74) is 4.15. The molecular formula is C23H21NO4. The Morgan fingerprint density at radius 1 is 1.04 bits per heavy atom. The van der Waals surface area contributed by atoms with Crippen LogP contribution in [-0.2, 0) is 29.1 Å². The van der Waals surface area contributed by atoms with Gasteiger partial charge in [-0.25, -0.2) is 4.79 Å². The quantitative estimate of drug-likeness (QED) is 0.649. The van der Waals surface area contributed by atoms with Gasteiger partial charge in [-0.3, -0.25) is 4.79 Å². The Morgan fingerprint density at radius 2 is 1.79 bits per heavy atom. The number of furan rings is 1. The minimum atomic E-state index is -0.682. The molecule has 142 valence electrons. The van der Waals surface area contributed by atoms with Crippen molar-refractivity contribution in [3.05, 3.63) is 94.9 Å². The second kappa shape index (κ2) is 7.72. The van der Waals surface area contributed by atoms with Crippen LogP contribution in [0.2, 0.25) is 0 Å². The lowest BCUT2D eigenvalue weighted by Crippen LogP contribution is -2.49. The zero-order valence-corrected chi connectivity index (χ0v) is 15.6. The Kier molecular flexibility index (Phi) is 4.98. The summed E-state index contributed by atoms with van der Waals surface area (Å²) in [6.45, 7) is 2.54. The summed E-state index contributed by atoms with van der Waals surface area (Å²) in [6, 6.07) is 18.3. The maximum absolute atomic E-state index is 12.9. The van der Waals surface area contributed by atoms with Gasteiger partial charge in [0.25, 0.3) is 5.91 Å². The molecule has 0 saturated carbocycles. The van der Waals surface area contributed by atoms with Crippen molar-refractivity contribution in [1.29, 1.82) is 0 Å². The Hall–Kier alpha value is -3.34. The lowest BCUT2D eigenvalue weighted by Gasteiger charge is -2.34. The van der Waals surface area contributed by atoms with Crippen molar-refractivity contribution < 1.29 is 18.7 Å². The van der Waals surface area contributed by atoms with Gasteiger partial charge in [-0.05, 0) is 35.7 Å². The highest BCUT2D eigenvalue weighted by Gasteiger charge is 2.36. The number of hydrogen-bond donors (Lipinski definition) is 0. The summed E-state index contributed by atoms with van der Waals surface area (Å²) in [5, 5.41) is 0. The second-order valence-corrected chi connectivity index (χ2v) is 6.99. The van der Waals surface area contributed by atoms with E-state index >= 15 is 0 Å². The molecular weight excluding hydrogens is 354 g/mol. The van der Waals surface area contributed by atoms with Gasteiger partial charge in [-0.15, -0.1) is 0 Å². The normalized spacial score (nSPS) is 15.8. The fraction of sp³-hybridized carbons (Fsp3) is 0.217. The third-order valence-electron chi connectivity index (χ3n) is 5.02. The molecule has 1 atom stereocenters. The van der Waals surface area contributed by atoms with E-state index in [1.807, 2.05) is 55.5 Å². The Morgan fingerprint density at radius 3 is 2.50 bits per heavy atom. The maximum atomic E-state index is 12.9. The molecule has 0 unspecified atom stereocenters. The third kappa shape index (κ3) is 3.69. The first-order chi connectivity index (χ1) is 13.6. The lowest BCUT2D eigenvalue weighted by molar-refractivity contribution is -0.151. The van der Waals surface area contributed by atoms with Crippen LogP contribution in [0.4, 0.5) is 0 Å². The van der Waals surface area contributed by atoms with E-state index in [0.717, 1.165) is 22.3 Å². The van der Waals surface area contributed by atoms with Crippen LogP contribution in [0.5, 0.6) is 0 Å². The molecule has 0 fully saturated rings. The van der Waals surface area contributed by atoms with E-state index < -0.39 is 12.0 Å². The van der Waals surface area contributed by atoms with Gasteiger partial charge < -0.3 is 14.1 Å². The van der Waals surface area contributed by atoms with Crippen molar-refractivity contribution in [3.63, 3.8) is 0 Å². The summed E-state index contributed by atoms with van der Waals surface area (Å²) in [6.07, 6.45) is 1.88. The van der Waals surface area contributed by atoms with Gasteiger partial charge in [-0.1, -0.05) is 54.1 Å². The summed E-state index contributed by atoms with van der Waals surface area (Å²) < 4.78 is 10.8. The highest BCUT2D eigenvalue weighted by atomic mass is 16.5. The van der Waals surface area contributed by atoms with Crippen molar-refractivity contribution in [2.75, 3.05) is 0 Å². The monoisotopic (exact) mass is 375 g/mol. The number of fused-ring (bicyclic) bond motifs is 1.